The molecule has 2 aromatic rings. The average Bonchev–Trinajstić information content (AvgIpc) is 3.11. The molecule has 1 unspecified atom stereocenters. The predicted octanol–water partition coefficient (Wildman–Crippen LogP) is 2.86. The van der Waals surface area contributed by atoms with Crippen molar-refractivity contribution in [1.29, 1.82) is 0 Å². The zero-order chi connectivity index (χ0) is 15.4. The van der Waals surface area contributed by atoms with Gasteiger partial charge in [-0.15, -0.1) is 10.2 Å². The van der Waals surface area contributed by atoms with Gasteiger partial charge in [-0.1, -0.05) is 35.1 Å². The Labute approximate surface area is 138 Å². The summed E-state index contributed by atoms with van der Waals surface area (Å²) >= 11 is 7.37. The molecule has 1 aliphatic rings. The Hall–Kier alpha value is -1.50. The second-order valence-corrected chi connectivity index (χ2v) is 6.85. The molecule has 0 aliphatic carbocycles. The maximum Gasteiger partial charge on any atom is 0.227 e. The highest BCUT2D eigenvalue weighted by Gasteiger charge is 2.18. The lowest BCUT2D eigenvalue weighted by molar-refractivity contribution is -0.116. The molecule has 7 heteroatoms. The molecule has 0 saturated carbocycles. The van der Waals surface area contributed by atoms with E-state index in [1.54, 1.807) is 0 Å². The second-order valence-electron chi connectivity index (χ2n) is 5.35. The smallest absolute Gasteiger partial charge is 0.227 e. The summed E-state index contributed by atoms with van der Waals surface area (Å²) in [6.45, 7) is 1.00. The molecule has 0 bridgehead atoms. The molecule has 1 saturated heterocycles. The van der Waals surface area contributed by atoms with Crippen LogP contribution in [0.4, 0.5) is 5.13 Å². The zero-order valence-corrected chi connectivity index (χ0v) is 13.6. The molecule has 1 amide bonds. The number of hydrogen-bond acceptors (Lipinski definition) is 5. The van der Waals surface area contributed by atoms with Crippen molar-refractivity contribution in [1.82, 2.24) is 15.5 Å². The van der Waals surface area contributed by atoms with Crippen LogP contribution in [0, 0.1) is 0 Å². The van der Waals surface area contributed by atoms with Gasteiger partial charge >= 0.3 is 0 Å². The number of benzene rings is 1. The highest BCUT2D eigenvalue weighted by Crippen LogP contribution is 2.20. The number of nitrogens with one attached hydrogen (secondary N) is 2. The zero-order valence-electron chi connectivity index (χ0n) is 12.0. The van der Waals surface area contributed by atoms with E-state index >= 15 is 0 Å². The van der Waals surface area contributed by atoms with E-state index in [-0.39, 0.29) is 5.91 Å². The van der Waals surface area contributed by atoms with E-state index in [1.165, 1.54) is 11.3 Å². The molecule has 22 heavy (non-hydrogen) atoms. The quantitative estimate of drug-likeness (QED) is 0.881. The lowest BCUT2D eigenvalue weighted by atomic mass is 10.1. The first-order chi connectivity index (χ1) is 10.7. The number of aromatic nitrogens is 2. The van der Waals surface area contributed by atoms with Crippen LogP contribution in [-0.4, -0.2) is 28.7 Å². The molecular weight excluding hydrogens is 320 g/mol. The number of nitrogens with zero attached hydrogens (tertiary/aromatic N) is 2. The van der Waals surface area contributed by atoms with Gasteiger partial charge in [-0.2, -0.15) is 0 Å². The first-order valence-corrected chi connectivity index (χ1v) is 8.48. The Bertz CT molecular complexity index is 654. The Morgan fingerprint density at radius 2 is 2.36 bits per heavy atom. The van der Waals surface area contributed by atoms with Crippen LogP contribution in [0.1, 0.15) is 29.8 Å². The fraction of sp³-hybridized carbons (Fsp3) is 0.400. The van der Waals surface area contributed by atoms with E-state index in [1.807, 2.05) is 24.3 Å². The summed E-state index contributed by atoms with van der Waals surface area (Å²) in [7, 11) is 0. The maximum atomic E-state index is 12.0. The third kappa shape index (κ3) is 4.25. The van der Waals surface area contributed by atoms with Gasteiger partial charge in [0.15, 0.2) is 0 Å². The van der Waals surface area contributed by atoms with E-state index in [2.05, 4.69) is 20.8 Å². The molecule has 1 fully saturated rings. The summed E-state index contributed by atoms with van der Waals surface area (Å²) in [6.07, 6.45) is 3.35. The van der Waals surface area contributed by atoms with Crippen molar-refractivity contribution in [2.24, 2.45) is 0 Å². The number of rotatable bonds is 5. The number of hydrogen-bond donors (Lipinski definition) is 2. The largest absolute Gasteiger partial charge is 0.313 e. The fourth-order valence-electron chi connectivity index (χ4n) is 2.52. The minimum Gasteiger partial charge on any atom is -0.313 e. The van der Waals surface area contributed by atoms with Crippen molar-refractivity contribution in [3.63, 3.8) is 0 Å². The van der Waals surface area contributed by atoms with Crippen LogP contribution in [0.25, 0.3) is 0 Å². The van der Waals surface area contributed by atoms with E-state index in [0.29, 0.717) is 29.0 Å². The molecule has 3 rings (SSSR count). The average molecular weight is 337 g/mol. The van der Waals surface area contributed by atoms with Crippen LogP contribution in [0.15, 0.2) is 24.3 Å². The number of halogens is 1. The molecule has 1 aromatic carbocycles. The summed E-state index contributed by atoms with van der Waals surface area (Å²) in [5, 5.41) is 16.4. The number of carbonyl (C=O) groups excluding carboxylic acids is 1. The van der Waals surface area contributed by atoms with Gasteiger partial charge in [0.2, 0.25) is 11.0 Å². The van der Waals surface area contributed by atoms with Crippen LogP contribution in [0.5, 0.6) is 0 Å². The maximum absolute atomic E-state index is 12.0. The molecule has 2 heterocycles. The number of carbonyl (C=O) groups is 1. The summed E-state index contributed by atoms with van der Waals surface area (Å²) in [5.74, 6) is -0.00939. The van der Waals surface area contributed by atoms with Gasteiger partial charge in [-0.25, -0.2) is 0 Å². The van der Waals surface area contributed by atoms with Gasteiger partial charge in [0.25, 0.3) is 0 Å². The molecular formula is C15H17ClN4OS. The van der Waals surface area contributed by atoms with Gasteiger partial charge in [0.1, 0.15) is 5.01 Å². The van der Waals surface area contributed by atoms with E-state index < -0.39 is 0 Å². The normalized spacial score (nSPS) is 17.6. The lowest BCUT2D eigenvalue weighted by Crippen LogP contribution is -2.27. The van der Waals surface area contributed by atoms with Crippen molar-refractivity contribution in [2.45, 2.75) is 31.7 Å². The number of amides is 1. The van der Waals surface area contributed by atoms with Gasteiger partial charge in [0, 0.05) is 23.9 Å². The Kier molecular flexibility index (Phi) is 5.02. The first kappa shape index (κ1) is 15.4. The molecule has 0 spiro atoms. The van der Waals surface area contributed by atoms with Crippen molar-refractivity contribution in [3.8, 4) is 0 Å². The minimum atomic E-state index is -0.00939. The standard InChI is InChI=1S/C15H17ClN4OS/c16-11-4-1-3-10(7-11)8-14-19-20-15(22-14)18-13(21)9-12-5-2-6-17-12/h1,3-4,7,12,17H,2,5-6,8-9H2,(H,18,20,21). The molecule has 2 N–H and O–H groups in total. The van der Waals surface area contributed by atoms with E-state index in [0.717, 1.165) is 30.0 Å². The van der Waals surface area contributed by atoms with E-state index in [9.17, 15) is 4.79 Å². The van der Waals surface area contributed by atoms with Gasteiger partial charge < -0.3 is 10.6 Å². The third-order valence-electron chi connectivity index (χ3n) is 3.55. The van der Waals surface area contributed by atoms with Crippen LogP contribution in [-0.2, 0) is 11.2 Å². The summed E-state index contributed by atoms with van der Waals surface area (Å²) < 4.78 is 0. The number of anilines is 1. The van der Waals surface area contributed by atoms with Crippen molar-refractivity contribution >= 4 is 34.0 Å². The highest BCUT2D eigenvalue weighted by molar-refractivity contribution is 7.15. The SMILES string of the molecule is O=C(CC1CCCN1)Nc1nnc(Cc2cccc(Cl)c2)s1. The Morgan fingerprint density at radius 3 is 3.14 bits per heavy atom. The van der Waals surface area contributed by atoms with Crippen LogP contribution in [0.2, 0.25) is 5.02 Å². The van der Waals surface area contributed by atoms with Gasteiger partial charge in [-0.05, 0) is 37.1 Å². The van der Waals surface area contributed by atoms with Crippen molar-refractivity contribution < 1.29 is 4.79 Å². The lowest BCUT2D eigenvalue weighted by Gasteiger charge is -2.08. The monoisotopic (exact) mass is 336 g/mol. The molecule has 0 radical (unpaired) electrons. The molecule has 5 nitrogen and oxygen atoms in total. The fourth-order valence-corrected chi connectivity index (χ4v) is 3.53. The molecule has 1 aromatic heterocycles. The Morgan fingerprint density at radius 1 is 1.45 bits per heavy atom. The van der Waals surface area contributed by atoms with E-state index in [4.69, 9.17) is 11.6 Å². The molecule has 1 aliphatic heterocycles. The second kappa shape index (κ2) is 7.17. The van der Waals surface area contributed by atoms with Gasteiger partial charge in [-0.3, -0.25) is 4.79 Å². The third-order valence-corrected chi connectivity index (χ3v) is 4.63. The molecule has 1 atom stereocenters. The highest BCUT2D eigenvalue weighted by atomic mass is 35.5. The Balaban J connectivity index is 1.55. The summed E-state index contributed by atoms with van der Waals surface area (Å²) in [4.78, 5) is 12.0. The van der Waals surface area contributed by atoms with Crippen molar-refractivity contribution in [2.75, 3.05) is 11.9 Å². The topological polar surface area (TPSA) is 66.9 Å². The van der Waals surface area contributed by atoms with Crippen molar-refractivity contribution in [3.05, 3.63) is 39.9 Å². The summed E-state index contributed by atoms with van der Waals surface area (Å²) in [6, 6.07) is 7.95. The molecule has 116 valence electrons. The van der Waals surface area contributed by atoms with Crippen LogP contribution >= 0.6 is 22.9 Å². The first-order valence-electron chi connectivity index (χ1n) is 7.29. The van der Waals surface area contributed by atoms with Crippen LogP contribution in [0.3, 0.4) is 0 Å². The minimum absolute atomic E-state index is 0.00939. The van der Waals surface area contributed by atoms with Crippen LogP contribution < -0.4 is 10.6 Å². The van der Waals surface area contributed by atoms with Gasteiger partial charge in [0.05, 0.1) is 0 Å². The predicted molar refractivity (Wildman–Crippen MR) is 88.4 cm³/mol. The summed E-state index contributed by atoms with van der Waals surface area (Å²) in [5.41, 5.74) is 1.08.